The van der Waals surface area contributed by atoms with E-state index >= 15 is 0 Å². The van der Waals surface area contributed by atoms with Crippen molar-refractivity contribution < 1.29 is 4.79 Å². The van der Waals surface area contributed by atoms with Gasteiger partial charge >= 0.3 is 0 Å². The van der Waals surface area contributed by atoms with E-state index in [2.05, 4.69) is 51.7 Å². The van der Waals surface area contributed by atoms with Gasteiger partial charge in [-0.1, -0.05) is 48.2 Å². The van der Waals surface area contributed by atoms with Crippen molar-refractivity contribution in [3.8, 4) is 0 Å². The number of fused-ring (bicyclic) bond motifs is 3. The largest absolute Gasteiger partial charge is 0.342 e. The zero-order chi connectivity index (χ0) is 19.1. The van der Waals surface area contributed by atoms with Crippen LogP contribution in [0, 0.1) is 6.92 Å². The van der Waals surface area contributed by atoms with Gasteiger partial charge in [-0.3, -0.25) is 4.79 Å². The van der Waals surface area contributed by atoms with Crippen molar-refractivity contribution in [2.45, 2.75) is 30.2 Å². The highest BCUT2D eigenvalue weighted by molar-refractivity contribution is 7.99. The number of likely N-dealkylation sites (tertiary alicyclic amines) is 1. The lowest BCUT2D eigenvalue weighted by Gasteiger charge is -2.39. The first-order chi connectivity index (χ1) is 13.6. The first-order valence-corrected chi connectivity index (χ1v) is 10.5. The molecule has 6 nitrogen and oxygen atoms in total. The number of allylic oxidation sites excluding steroid dienone is 1. The summed E-state index contributed by atoms with van der Waals surface area (Å²) in [5.74, 6) is 1.33. The molecule has 3 heterocycles. The van der Waals surface area contributed by atoms with Crippen molar-refractivity contribution in [3.63, 3.8) is 0 Å². The minimum Gasteiger partial charge on any atom is -0.342 e. The Morgan fingerprint density at radius 1 is 1.14 bits per heavy atom. The van der Waals surface area contributed by atoms with E-state index in [9.17, 15) is 4.79 Å². The van der Waals surface area contributed by atoms with Crippen molar-refractivity contribution in [3.05, 3.63) is 59.4 Å². The Bertz CT molecular complexity index is 1080. The van der Waals surface area contributed by atoms with E-state index < -0.39 is 0 Å². The first kappa shape index (κ1) is 17.4. The maximum atomic E-state index is 12.7. The number of rotatable bonds is 3. The van der Waals surface area contributed by atoms with Gasteiger partial charge in [-0.25, -0.2) is 0 Å². The second-order valence-corrected chi connectivity index (χ2v) is 8.43. The van der Waals surface area contributed by atoms with Gasteiger partial charge in [-0.2, -0.15) is 9.61 Å². The number of hydrogen-bond donors (Lipinski definition) is 0. The average Bonchev–Trinajstić information content (AvgIpc) is 3.28. The third-order valence-corrected chi connectivity index (χ3v) is 6.73. The van der Waals surface area contributed by atoms with E-state index in [0.717, 1.165) is 42.4 Å². The minimum absolute atomic E-state index is 0.110. The summed E-state index contributed by atoms with van der Waals surface area (Å²) in [4.78, 5) is 14.7. The molecule has 2 aliphatic rings. The Balaban J connectivity index is 1.22. The molecule has 7 heteroatoms. The number of hydrogen-bond acceptors (Lipinski definition) is 5. The van der Waals surface area contributed by atoms with Crippen LogP contribution >= 0.6 is 11.8 Å². The molecular weight excluding hydrogens is 370 g/mol. The fraction of sp³-hybridized carbons (Fsp3) is 0.333. The third-order valence-electron chi connectivity index (χ3n) is 5.83. The van der Waals surface area contributed by atoms with E-state index in [4.69, 9.17) is 0 Å². The summed E-state index contributed by atoms with van der Waals surface area (Å²) in [6.07, 6.45) is 6.55. The molecule has 0 radical (unpaired) electrons. The van der Waals surface area contributed by atoms with Crippen molar-refractivity contribution in [1.29, 1.82) is 0 Å². The van der Waals surface area contributed by atoms with Gasteiger partial charge in [0.15, 0.2) is 11.5 Å². The molecule has 28 heavy (non-hydrogen) atoms. The van der Waals surface area contributed by atoms with Crippen LogP contribution in [0.2, 0.25) is 0 Å². The van der Waals surface area contributed by atoms with Crippen LogP contribution in [0.15, 0.2) is 47.5 Å². The van der Waals surface area contributed by atoms with Gasteiger partial charge in [-0.15, -0.1) is 10.2 Å². The van der Waals surface area contributed by atoms with Gasteiger partial charge in [0.1, 0.15) is 5.03 Å². The van der Waals surface area contributed by atoms with Crippen molar-refractivity contribution in [2.24, 2.45) is 0 Å². The predicted molar refractivity (Wildman–Crippen MR) is 109 cm³/mol. The molecule has 1 aliphatic heterocycles. The van der Waals surface area contributed by atoms with Crippen LogP contribution in [0.5, 0.6) is 0 Å². The molecular formula is C21H21N5OS. The van der Waals surface area contributed by atoms with Gasteiger partial charge in [0.2, 0.25) is 5.91 Å². The van der Waals surface area contributed by atoms with Crippen LogP contribution in [0.25, 0.3) is 11.7 Å². The Kier molecular flexibility index (Phi) is 4.19. The summed E-state index contributed by atoms with van der Waals surface area (Å²) in [6.45, 7) is 3.47. The molecule has 1 aliphatic carbocycles. The maximum Gasteiger partial charge on any atom is 0.232 e. The first-order valence-electron chi connectivity index (χ1n) is 9.53. The lowest BCUT2D eigenvalue weighted by atomic mass is 9.74. The number of nitrogens with zero attached hydrogens (tertiary/aromatic N) is 5. The highest BCUT2D eigenvalue weighted by Gasteiger charge is 2.38. The molecule has 0 atom stereocenters. The Morgan fingerprint density at radius 2 is 1.96 bits per heavy atom. The number of amides is 1. The Labute approximate surface area is 167 Å². The molecule has 3 aromatic rings. The van der Waals surface area contributed by atoms with Crippen LogP contribution in [0.1, 0.15) is 29.8 Å². The van der Waals surface area contributed by atoms with E-state index in [1.54, 1.807) is 4.52 Å². The molecule has 0 N–H and O–H groups in total. The van der Waals surface area contributed by atoms with E-state index in [1.807, 2.05) is 24.0 Å². The van der Waals surface area contributed by atoms with Crippen molar-refractivity contribution in [1.82, 2.24) is 24.7 Å². The normalized spacial score (nSPS) is 17.4. The summed E-state index contributed by atoms with van der Waals surface area (Å²) in [5.41, 5.74) is 3.57. The van der Waals surface area contributed by atoms with Gasteiger partial charge < -0.3 is 4.90 Å². The van der Waals surface area contributed by atoms with Crippen LogP contribution in [-0.4, -0.2) is 49.5 Å². The predicted octanol–water partition coefficient (Wildman–Crippen LogP) is 3.11. The summed E-state index contributed by atoms with van der Waals surface area (Å²) in [5, 5.41) is 13.4. The van der Waals surface area contributed by atoms with Gasteiger partial charge in [0.25, 0.3) is 0 Å². The van der Waals surface area contributed by atoms with Gasteiger partial charge in [0, 0.05) is 18.5 Å². The van der Waals surface area contributed by atoms with Crippen molar-refractivity contribution in [2.75, 3.05) is 18.8 Å². The average molecular weight is 392 g/mol. The van der Waals surface area contributed by atoms with E-state index in [-0.39, 0.29) is 11.3 Å². The maximum absolute atomic E-state index is 12.7. The van der Waals surface area contributed by atoms with Crippen LogP contribution in [0.3, 0.4) is 0 Å². The molecule has 5 rings (SSSR count). The molecule has 2 aromatic heterocycles. The summed E-state index contributed by atoms with van der Waals surface area (Å²) in [7, 11) is 0. The molecule has 142 valence electrons. The molecule has 1 amide bonds. The zero-order valence-electron chi connectivity index (χ0n) is 15.7. The second-order valence-electron chi connectivity index (χ2n) is 7.43. The molecule has 1 saturated heterocycles. The highest BCUT2D eigenvalue weighted by atomic mass is 32.2. The molecule has 1 spiro atoms. The number of carbonyl (C=O) groups is 1. The Hall–Kier alpha value is -2.67. The number of carbonyl (C=O) groups excluding carboxylic acids is 1. The number of piperidine rings is 1. The van der Waals surface area contributed by atoms with Gasteiger partial charge in [0.05, 0.1) is 5.75 Å². The zero-order valence-corrected chi connectivity index (χ0v) is 16.5. The molecule has 0 saturated carbocycles. The quantitative estimate of drug-likeness (QED) is 0.642. The van der Waals surface area contributed by atoms with Gasteiger partial charge in [-0.05, 0) is 43.0 Å². The smallest absolute Gasteiger partial charge is 0.232 e. The minimum atomic E-state index is 0.110. The lowest BCUT2D eigenvalue weighted by molar-refractivity contribution is -0.129. The molecule has 0 unspecified atom stereocenters. The number of thioether (sulfide) groups is 1. The molecule has 1 fully saturated rings. The monoisotopic (exact) mass is 391 g/mol. The highest BCUT2D eigenvalue weighted by Crippen LogP contribution is 2.43. The molecule has 1 aromatic carbocycles. The van der Waals surface area contributed by atoms with Crippen molar-refractivity contribution >= 4 is 29.4 Å². The van der Waals surface area contributed by atoms with Crippen LogP contribution in [0.4, 0.5) is 0 Å². The Morgan fingerprint density at radius 3 is 2.82 bits per heavy atom. The topological polar surface area (TPSA) is 63.4 Å². The van der Waals surface area contributed by atoms with Crippen LogP contribution < -0.4 is 0 Å². The lowest BCUT2D eigenvalue weighted by Crippen LogP contribution is -2.44. The number of benzene rings is 1. The standard InChI is InChI=1S/C21H21N5OS/c1-15-22-23-18-6-7-19(24-26(15)18)28-14-20(27)25-12-10-21(11-13-25)9-8-16-4-2-3-5-17(16)21/h2-9H,10-14H2,1H3. The van der Waals surface area contributed by atoms with Crippen LogP contribution in [-0.2, 0) is 10.2 Å². The van der Waals surface area contributed by atoms with E-state index in [1.165, 1.54) is 22.9 Å². The fourth-order valence-corrected chi connectivity index (χ4v) is 4.97. The van der Waals surface area contributed by atoms with E-state index in [0.29, 0.717) is 5.75 Å². The number of aryl methyl sites for hydroxylation is 1. The summed E-state index contributed by atoms with van der Waals surface area (Å²) < 4.78 is 1.71. The molecule has 0 bridgehead atoms. The number of aromatic nitrogens is 4. The summed E-state index contributed by atoms with van der Waals surface area (Å²) >= 11 is 1.47. The fourth-order valence-electron chi connectivity index (χ4n) is 4.21. The third kappa shape index (κ3) is 2.90. The second kappa shape index (κ2) is 6.74. The summed E-state index contributed by atoms with van der Waals surface area (Å²) in [6, 6.07) is 12.4. The SMILES string of the molecule is Cc1nnc2ccc(SCC(=O)N3CCC4(C=Cc5ccccc54)CC3)nn12.